The van der Waals surface area contributed by atoms with Crippen molar-refractivity contribution in [1.29, 1.82) is 0 Å². The molecule has 0 radical (unpaired) electrons. The van der Waals surface area contributed by atoms with Crippen molar-refractivity contribution in [2.45, 2.75) is 31.8 Å². The van der Waals surface area contributed by atoms with Crippen LogP contribution in [0.4, 0.5) is 4.79 Å². The number of hydrogen-bond acceptors (Lipinski definition) is 5. The molecule has 3 rings (SSSR count). The third kappa shape index (κ3) is 5.01. The van der Waals surface area contributed by atoms with E-state index in [-0.39, 0.29) is 6.03 Å². The number of likely N-dealkylation sites (tertiary alicyclic amines) is 1. The van der Waals surface area contributed by atoms with Crippen LogP contribution in [-0.4, -0.2) is 61.3 Å². The second-order valence-electron chi connectivity index (χ2n) is 7.11. The highest BCUT2D eigenvalue weighted by Gasteiger charge is 2.21. The number of rotatable bonds is 5. The third-order valence-corrected chi connectivity index (χ3v) is 5.05. The predicted molar refractivity (Wildman–Crippen MR) is 104 cm³/mol. The maximum atomic E-state index is 12.5. The Morgan fingerprint density at radius 2 is 2.19 bits per heavy atom. The fraction of sp³-hybridized carbons (Fsp3) is 0.500. The van der Waals surface area contributed by atoms with E-state index in [1.807, 2.05) is 35.2 Å². The second-order valence-corrected chi connectivity index (χ2v) is 7.11. The van der Waals surface area contributed by atoms with Gasteiger partial charge in [0.15, 0.2) is 5.76 Å². The van der Waals surface area contributed by atoms with Gasteiger partial charge in [-0.15, -0.1) is 0 Å². The van der Waals surface area contributed by atoms with Gasteiger partial charge in [-0.1, -0.05) is 17.3 Å². The summed E-state index contributed by atoms with van der Waals surface area (Å²) < 4.78 is 10.6. The number of nitrogens with zero attached hydrogens (tertiary/aromatic N) is 3. The van der Waals surface area contributed by atoms with Gasteiger partial charge in [0.1, 0.15) is 11.4 Å². The maximum Gasteiger partial charge on any atom is 0.317 e. The summed E-state index contributed by atoms with van der Waals surface area (Å²) in [5.41, 5.74) is 1.59. The molecule has 1 aromatic carbocycles. The molecule has 27 heavy (non-hydrogen) atoms. The molecule has 1 saturated heterocycles. The monoisotopic (exact) mass is 372 g/mol. The fourth-order valence-corrected chi connectivity index (χ4v) is 3.38. The minimum atomic E-state index is -0.0414. The van der Waals surface area contributed by atoms with Gasteiger partial charge < -0.3 is 24.4 Å². The smallest absolute Gasteiger partial charge is 0.317 e. The Balaban J connectivity index is 1.54. The van der Waals surface area contributed by atoms with E-state index in [0.29, 0.717) is 24.0 Å². The normalized spacial score (nSPS) is 17.6. The molecule has 2 aromatic rings. The molecule has 1 aliphatic heterocycles. The van der Waals surface area contributed by atoms with Gasteiger partial charge in [-0.3, -0.25) is 0 Å². The van der Waals surface area contributed by atoms with Crippen molar-refractivity contribution in [2.24, 2.45) is 0 Å². The molecular weight excluding hydrogens is 344 g/mol. The molecule has 1 aromatic heterocycles. The molecular formula is C20H28N4O3. The second kappa shape index (κ2) is 8.90. The van der Waals surface area contributed by atoms with Crippen molar-refractivity contribution in [3.63, 3.8) is 0 Å². The average Bonchev–Trinajstić information content (AvgIpc) is 3.01. The lowest BCUT2D eigenvalue weighted by atomic mass is 10.1. The number of carbonyl (C=O) groups is 1. The maximum absolute atomic E-state index is 12.5. The van der Waals surface area contributed by atoms with E-state index in [1.165, 1.54) is 0 Å². The summed E-state index contributed by atoms with van der Waals surface area (Å²) in [6.07, 6.45) is 3.16. The van der Waals surface area contributed by atoms with Crippen molar-refractivity contribution in [2.75, 3.05) is 34.3 Å². The van der Waals surface area contributed by atoms with Crippen molar-refractivity contribution < 1.29 is 14.1 Å². The first-order valence-electron chi connectivity index (χ1n) is 9.36. The molecule has 0 spiro atoms. The first-order valence-corrected chi connectivity index (χ1v) is 9.36. The molecule has 0 aliphatic carbocycles. The zero-order chi connectivity index (χ0) is 19.2. The van der Waals surface area contributed by atoms with Crippen LogP contribution in [0.5, 0.6) is 5.75 Å². The largest absolute Gasteiger partial charge is 0.497 e. The highest BCUT2D eigenvalue weighted by atomic mass is 16.5. The first-order chi connectivity index (χ1) is 13.1. The summed E-state index contributed by atoms with van der Waals surface area (Å²) in [5.74, 6) is 1.41. The van der Waals surface area contributed by atoms with Gasteiger partial charge in [0.25, 0.3) is 0 Å². The Morgan fingerprint density at radius 3 is 2.96 bits per heavy atom. The van der Waals surface area contributed by atoms with E-state index < -0.39 is 0 Å². The van der Waals surface area contributed by atoms with Gasteiger partial charge in [-0.25, -0.2) is 4.79 Å². The van der Waals surface area contributed by atoms with Crippen LogP contribution in [0.3, 0.4) is 0 Å². The first kappa shape index (κ1) is 19.2. The Labute approximate surface area is 160 Å². The van der Waals surface area contributed by atoms with E-state index in [9.17, 15) is 4.79 Å². The van der Waals surface area contributed by atoms with Crippen LogP contribution >= 0.6 is 0 Å². The minimum Gasteiger partial charge on any atom is -0.497 e. The number of methoxy groups -OCH3 is 1. The summed E-state index contributed by atoms with van der Waals surface area (Å²) in [6, 6.07) is 9.95. The van der Waals surface area contributed by atoms with Crippen LogP contribution in [0, 0.1) is 0 Å². The average molecular weight is 372 g/mol. The summed E-state index contributed by atoms with van der Waals surface area (Å²) in [6.45, 7) is 1.92. The highest BCUT2D eigenvalue weighted by Crippen LogP contribution is 2.24. The van der Waals surface area contributed by atoms with Crippen LogP contribution in [0.2, 0.25) is 0 Å². The molecule has 7 heteroatoms. The lowest BCUT2D eigenvalue weighted by Crippen LogP contribution is -2.40. The van der Waals surface area contributed by atoms with E-state index >= 15 is 0 Å². The number of amides is 2. The third-order valence-electron chi connectivity index (χ3n) is 5.05. The number of ether oxygens (including phenoxy) is 1. The van der Waals surface area contributed by atoms with Crippen LogP contribution in [0.15, 0.2) is 34.9 Å². The Bertz CT molecular complexity index is 759. The zero-order valence-corrected chi connectivity index (χ0v) is 16.3. The molecule has 0 bridgehead atoms. The van der Waals surface area contributed by atoms with Gasteiger partial charge in [0.05, 0.1) is 13.7 Å². The fourth-order valence-electron chi connectivity index (χ4n) is 3.38. The number of urea groups is 1. The predicted octanol–water partition coefficient (Wildman–Crippen LogP) is 2.98. The topological polar surface area (TPSA) is 70.8 Å². The number of carbonyl (C=O) groups excluding carboxylic acids is 1. The van der Waals surface area contributed by atoms with Crippen molar-refractivity contribution >= 4 is 6.03 Å². The Morgan fingerprint density at radius 1 is 1.33 bits per heavy atom. The van der Waals surface area contributed by atoms with Crippen LogP contribution < -0.4 is 10.1 Å². The highest BCUT2D eigenvalue weighted by molar-refractivity contribution is 5.74. The number of benzene rings is 1. The van der Waals surface area contributed by atoms with Crippen molar-refractivity contribution in [3.8, 4) is 17.1 Å². The Hall–Kier alpha value is -2.54. The van der Waals surface area contributed by atoms with Gasteiger partial charge in [0.2, 0.25) is 0 Å². The minimum absolute atomic E-state index is 0.0414. The summed E-state index contributed by atoms with van der Waals surface area (Å²) in [4.78, 5) is 16.6. The number of nitrogens with one attached hydrogen (secondary N) is 1. The van der Waals surface area contributed by atoms with E-state index in [2.05, 4.69) is 29.5 Å². The van der Waals surface area contributed by atoms with Crippen molar-refractivity contribution in [3.05, 3.63) is 36.0 Å². The summed E-state index contributed by atoms with van der Waals surface area (Å²) >= 11 is 0. The molecule has 1 aliphatic rings. The molecule has 2 heterocycles. The van der Waals surface area contributed by atoms with E-state index in [0.717, 1.165) is 43.7 Å². The molecule has 2 amide bonds. The molecule has 1 atom stereocenters. The van der Waals surface area contributed by atoms with Crippen LogP contribution in [0.25, 0.3) is 11.3 Å². The molecule has 0 saturated carbocycles. The molecule has 1 N–H and O–H groups in total. The van der Waals surface area contributed by atoms with Crippen LogP contribution in [0.1, 0.15) is 25.0 Å². The zero-order valence-electron chi connectivity index (χ0n) is 16.3. The van der Waals surface area contributed by atoms with Gasteiger partial charge in [0, 0.05) is 30.8 Å². The van der Waals surface area contributed by atoms with Crippen molar-refractivity contribution in [1.82, 2.24) is 20.3 Å². The molecule has 7 nitrogen and oxygen atoms in total. The SMILES string of the molecule is COc1cccc(-c2cc(CNC(=O)N3CCCC(N(C)C)CC3)no2)c1. The van der Waals surface area contributed by atoms with Gasteiger partial charge in [-0.2, -0.15) is 0 Å². The molecule has 146 valence electrons. The Kier molecular flexibility index (Phi) is 6.34. The summed E-state index contributed by atoms with van der Waals surface area (Å²) in [5, 5.41) is 7.02. The van der Waals surface area contributed by atoms with E-state index in [1.54, 1.807) is 7.11 Å². The summed E-state index contributed by atoms with van der Waals surface area (Å²) in [7, 11) is 5.83. The lowest BCUT2D eigenvalue weighted by molar-refractivity contribution is 0.196. The standard InChI is InChI=1S/C20H28N4O3/c1-23(2)17-7-5-10-24(11-9-17)20(25)21-14-16-13-19(27-22-16)15-6-4-8-18(12-15)26-3/h4,6,8,12-13,17H,5,7,9-11,14H2,1-3H3,(H,21,25). The van der Waals surface area contributed by atoms with Gasteiger partial charge in [-0.05, 0) is 45.5 Å². The van der Waals surface area contributed by atoms with Crippen LogP contribution in [-0.2, 0) is 6.54 Å². The molecule has 1 unspecified atom stereocenters. The van der Waals surface area contributed by atoms with Gasteiger partial charge >= 0.3 is 6.03 Å². The number of aromatic nitrogens is 1. The molecule has 1 fully saturated rings. The lowest BCUT2D eigenvalue weighted by Gasteiger charge is -2.23. The number of hydrogen-bond donors (Lipinski definition) is 1. The quantitative estimate of drug-likeness (QED) is 0.874. The van der Waals surface area contributed by atoms with E-state index in [4.69, 9.17) is 9.26 Å².